The summed E-state index contributed by atoms with van der Waals surface area (Å²) in [6.07, 6.45) is 1.09. The number of rotatable bonds is 8. The van der Waals surface area contributed by atoms with E-state index in [0.717, 1.165) is 13.0 Å². The molecule has 1 atom stereocenters. The summed E-state index contributed by atoms with van der Waals surface area (Å²) >= 11 is 0. The van der Waals surface area contributed by atoms with Gasteiger partial charge >= 0.3 is 0 Å². The molecule has 0 aliphatic heterocycles. The lowest BCUT2D eigenvalue weighted by Gasteiger charge is -2.15. The van der Waals surface area contributed by atoms with E-state index in [2.05, 4.69) is 10.6 Å². The van der Waals surface area contributed by atoms with E-state index in [1.165, 1.54) is 12.1 Å². The van der Waals surface area contributed by atoms with Gasteiger partial charge in [0.1, 0.15) is 0 Å². The van der Waals surface area contributed by atoms with Gasteiger partial charge in [-0.15, -0.1) is 0 Å². The fraction of sp³-hybridized carbons (Fsp3) is 0.462. The predicted molar refractivity (Wildman–Crippen MR) is 78.8 cm³/mol. The van der Waals surface area contributed by atoms with Crippen LogP contribution in [0.15, 0.2) is 18.2 Å². The SMILES string of the molecule is CCCNc1cc(NC(C)CC(N)=O)cc([N+](=O)[O-])c1. The quantitative estimate of drug-likeness (QED) is 0.499. The van der Waals surface area contributed by atoms with E-state index in [4.69, 9.17) is 5.73 Å². The van der Waals surface area contributed by atoms with Crippen molar-refractivity contribution in [3.8, 4) is 0 Å². The number of hydrogen-bond acceptors (Lipinski definition) is 5. The fourth-order valence-corrected chi connectivity index (χ4v) is 1.81. The number of non-ortho nitro benzene ring substituents is 1. The molecule has 0 aliphatic carbocycles. The number of benzene rings is 1. The second kappa shape index (κ2) is 7.32. The number of nitrogens with one attached hydrogen (secondary N) is 2. The van der Waals surface area contributed by atoms with Gasteiger partial charge in [0.2, 0.25) is 5.91 Å². The molecule has 7 heteroatoms. The Balaban J connectivity index is 2.90. The third-order valence-corrected chi connectivity index (χ3v) is 2.63. The number of nitrogens with two attached hydrogens (primary N) is 1. The lowest BCUT2D eigenvalue weighted by molar-refractivity contribution is -0.384. The molecule has 0 radical (unpaired) electrons. The van der Waals surface area contributed by atoms with Gasteiger partial charge < -0.3 is 16.4 Å². The van der Waals surface area contributed by atoms with Crippen LogP contribution in [-0.4, -0.2) is 23.4 Å². The Bertz CT molecular complexity index is 491. The van der Waals surface area contributed by atoms with Gasteiger partial charge in [0, 0.05) is 42.5 Å². The van der Waals surface area contributed by atoms with E-state index < -0.39 is 10.8 Å². The minimum atomic E-state index is -0.443. The van der Waals surface area contributed by atoms with Crippen molar-refractivity contribution < 1.29 is 9.72 Å². The van der Waals surface area contributed by atoms with Crippen LogP contribution in [0.5, 0.6) is 0 Å². The summed E-state index contributed by atoms with van der Waals surface area (Å²) in [4.78, 5) is 21.3. The van der Waals surface area contributed by atoms with Crippen LogP contribution in [-0.2, 0) is 4.79 Å². The van der Waals surface area contributed by atoms with Crippen molar-refractivity contribution in [2.75, 3.05) is 17.2 Å². The Hall–Kier alpha value is -2.31. The predicted octanol–water partition coefficient (Wildman–Crippen LogP) is 2.09. The van der Waals surface area contributed by atoms with Crippen molar-refractivity contribution in [2.24, 2.45) is 5.73 Å². The summed E-state index contributed by atoms with van der Waals surface area (Å²) < 4.78 is 0. The Morgan fingerprint density at radius 1 is 1.40 bits per heavy atom. The Morgan fingerprint density at radius 2 is 2.05 bits per heavy atom. The topological polar surface area (TPSA) is 110 Å². The van der Waals surface area contributed by atoms with Gasteiger partial charge in [0.15, 0.2) is 0 Å². The van der Waals surface area contributed by atoms with Gasteiger partial charge in [-0.2, -0.15) is 0 Å². The number of nitro groups is 1. The molecule has 0 saturated heterocycles. The third-order valence-electron chi connectivity index (χ3n) is 2.63. The van der Waals surface area contributed by atoms with E-state index in [1.807, 2.05) is 6.92 Å². The highest BCUT2D eigenvalue weighted by molar-refractivity contribution is 5.75. The van der Waals surface area contributed by atoms with Crippen LogP contribution in [0.4, 0.5) is 17.1 Å². The maximum Gasteiger partial charge on any atom is 0.273 e. The molecule has 0 heterocycles. The highest BCUT2D eigenvalue weighted by Crippen LogP contribution is 2.25. The number of anilines is 2. The molecule has 4 N–H and O–H groups in total. The van der Waals surface area contributed by atoms with E-state index in [1.54, 1.807) is 13.0 Å². The first-order chi connectivity index (χ1) is 9.42. The molecule has 110 valence electrons. The van der Waals surface area contributed by atoms with Crippen molar-refractivity contribution in [3.05, 3.63) is 28.3 Å². The van der Waals surface area contributed by atoms with Crippen molar-refractivity contribution in [3.63, 3.8) is 0 Å². The summed E-state index contributed by atoms with van der Waals surface area (Å²) in [5.74, 6) is -0.417. The summed E-state index contributed by atoms with van der Waals surface area (Å²) in [5.41, 5.74) is 6.39. The molecule has 7 nitrogen and oxygen atoms in total. The standard InChI is InChI=1S/C13H20N4O3/c1-3-4-15-10-6-11(8-12(7-10)17(19)20)16-9(2)5-13(14)18/h6-9,15-16H,3-5H2,1-2H3,(H2,14,18). The third kappa shape index (κ3) is 5.13. The Kier molecular flexibility index (Phi) is 5.76. The van der Waals surface area contributed by atoms with Gasteiger partial charge in [0.05, 0.1) is 4.92 Å². The second-order valence-electron chi connectivity index (χ2n) is 4.67. The maximum absolute atomic E-state index is 10.9. The summed E-state index contributed by atoms with van der Waals surface area (Å²) in [6, 6.07) is 4.52. The van der Waals surface area contributed by atoms with Gasteiger partial charge in [-0.3, -0.25) is 14.9 Å². The van der Waals surface area contributed by atoms with Crippen molar-refractivity contribution in [2.45, 2.75) is 32.7 Å². The fourth-order valence-electron chi connectivity index (χ4n) is 1.81. The van der Waals surface area contributed by atoms with Crippen LogP contribution in [0.3, 0.4) is 0 Å². The Morgan fingerprint density at radius 3 is 2.60 bits per heavy atom. The normalized spacial score (nSPS) is 11.7. The zero-order valence-corrected chi connectivity index (χ0v) is 11.7. The van der Waals surface area contributed by atoms with Gasteiger partial charge in [-0.05, 0) is 19.4 Å². The van der Waals surface area contributed by atoms with Gasteiger partial charge in [-0.25, -0.2) is 0 Å². The van der Waals surface area contributed by atoms with Crippen molar-refractivity contribution in [1.29, 1.82) is 0 Å². The van der Waals surface area contributed by atoms with Crippen LogP contribution in [0.2, 0.25) is 0 Å². The molecule has 20 heavy (non-hydrogen) atoms. The van der Waals surface area contributed by atoms with Crippen LogP contribution in [0, 0.1) is 10.1 Å². The smallest absolute Gasteiger partial charge is 0.273 e. The second-order valence-corrected chi connectivity index (χ2v) is 4.67. The number of hydrogen-bond donors (Lipinski definition) is 3. The minimum Gasteiger partial charge on any atom is -0.385 e. The molecule has 1 rings (SSSR count). The molecule has 1 unspecified atom stereocenters. The van der Waals surface area contributed by atoms with Crippen LogP contribution >= 0.6 is 0 Å². The number of nitrogens with zero attached hydrogens (tertiary/aromatic N) is 1. The van der Waals surface area contributed by atoms with E-state index in [0.29, 0.717) is 11.4 Å². The maximum atomic E-state index is 10.9. The average molecular weight is 280 g/mol. The van der Waals surface area contributed by atoms with E-state index >= 15 is 0 Å². The van der Waals surface area contributed by atoms with E-state index in [-0.39, 0.29) is 18.2 Å². The monoisotopic (exact) mass is 280 g/mol. The summed E-state index contributed by atoms with van der Waals surface area (Å²) in [7, 11) is 0. The first-order valence-corrected chi connectivity index (χ1v) is 6.50. The lowest BCUT2D eigenvalue weighted by atomic mass is 10.2. The molecular formula is C13H20N4O3. The van der Waals surface area contributed by atoms with Crippen LogP contribution in [0.25, 0.3) is 0 Å². The molecule has 0 fully saturated rings. The number of carbonyl (C=O) groups is 1. The van der Waals surface area contributed by atoms with Crippen molar-refractivity contribution >= 4 is 23.0 Å². The molecule has 0 spiro atoms. The number of carbonyl (C=O) groups excluding carboxylic acids is 1. The first kappa shape index (κ1) is 15.7. The highest BCUT2D eigenvalue weighted by atomic mass is 16.6. The van der Waals surface area contributed by atoms with Gasteiger partial charge in [0.25, 0.3) is 5.69 Å². The molecule has 0 aromatic heterocycles. The lowest BCUT2D eigenvalue weighted by Crippen LogP contribution is -2.24. The zero-order chi connectivity index (χ0) is 15.1. The van der Waals surface area contributed by atoms with Crippen LogP contribution < -0.4 is 16.4 Å². The molecular weight excluding hydrogens is 260 g/mol. The zero-order valence-electron chi connectivity index (χ0n) is 11.7. The molecule has 0 aliphatic rings. The molecule has 0 bridgehead atoms. The summed E-state index contributed by atoms with van der Waals surface area (Å²) in [5, 5.41) is 17.1. The first-order valence-electron chi connectivity index (χ1n) is 6.50. The van der Waals surface area contributed by atoms with Crippen molar-refractivity contribution in [1.82, 2.24) is 0 Å². The number of amides is 1. The Labute approximate surface area is 117 Å². The molecule has 1 amide bonds. The highest BCUT2D eigenvalue weighted by Gasteiger charge is 2.12. The molecule has 1 aromatic carbocycles. The largest absolute Gasteiger partial charge is 0.385 e. The number of nitro benzene ring substituents is 1. The molecule has 0 saturated carbocycles. The number of primary amides is 1. The summed E-state index contributed by atoms with van der Waals surface area (Å²) in [6.45, 7) is 4.54. The van der Waals surface area contributed by atoms with E-state index in [9.17, 15) is 14.9 Å². The minimum absolute atomic E-state index is 0.000113. The average Bonchev–Trinajstić information content (AvgIpc) is 2.34. The van der Waals surface area contributed by atoms with Crippen LogP contribution in [0.1, 0.15) is 26.7 Å². The van der Waals surface area contributed by atoms with Gasteiger partial charge in [-0.1, -0.05) is 6.92 Å². The molecule has 1 aromatic rings.